The fraction of sp³-hybridized carbons (Fsp3) is 0.267. The van der Waals surface area contributed by atoms with Crippen molar-refractivity contribution < 1.29 is 18.8 Å². The Morgan fingerprint density at radius 2 is 2.12 bits per heavy atom. The Labute approximate surface area is 143 Å². The number of amides is 2. The first-order valence-electron chi connectivity index (χ1n) is 6.93. The molecule has 2 aromatic rings. The number of halogens is 1. The molecule has 8 nitrogen and oxygen atoms in total. The van der Waals surface area contributed by atoms with Gasteiger partial charge in [0.15, 0.2) is 5.82 Å². The Morgan fingerprint density at radius 1 is 1.42 bits per heavy atom. The van der Waals surface area contributed by atoms with Crippen LogP contribution in [-0.4, -0.2) is 42.6 Å². The summed E-state index contributed by atoms with van der Waals surface area (Å²) in [5.41, 5.74) is 6.20. The number of aromatic nitrogens is 1. The summed E-state index contributed by atoms with van der Waals surface area (Å²) < 4.78 is 10.0. The molecular formula is C15H17ClN4O4. The quantitative estimate of drug-likeness (QED) is 0.795. The number of nitrogens with two attached hydrogens (primary N) is 1. The van der Waals surface area contributed by atoms with Crippen LogP contribution in [0, 0.1) is 6.92 Å². The van der Waals surface area contributed by atoms with E-state index in [1.165, 1.54) is 31.2 Å². The van der Waals surface area contributed by atoms with Gasteiger partial charge in [0.05, 0.1) is 29.9 Å². The molecule has 2 amide bonds. The van der Waals surface area contributed by atoms with Crippen LogP contribution in [0.5, 0.6) is 5.75 Å². The van der Waals surface area contributed by atoms with E-state index >= 15 is 0 Å². The number of benzene rings is 1. The Balaban J connectivity index is 2.09. The number of hydrogen-bond donors (Lipinski definition) is 2. The van der Waals surface area contributed by atoms with Crippen LogP contribution in [0.2, 0.25) is 5.02 Å². The lowest BCUT2D eigenvalue weighted by atomic mass is 10.1. The van der Waals surface area contributed by atoms with E-state index in [1.54, 1.807) is 13.0 Å². The van der Waals surface area contributed by atoms with E-state index in [1.807, 2.05) is 0 Å². The summed E-state index contributed by atoms with van der Waals surface area (Å²) in [6.07, 6.45) is 0. The molecule has 0 saturated heterocycles. The molecule has 0 bridgehead atoms. The summed E-state index contributed by atoms with van der Waals surface area (Å²) >= 11 is 5.96. The van der Waals surface area contributed by atoms with Crippen molar-refractivity contribution >= 4 is 34.9 Å². The zero-order valence-corrected chi connectivity index (χ0v) is 14.2. The first-order valence-corrected chi connectivity index (χ1v) is 7.31. The molecule has 0 atom stereocenters. The molecular weight excluding hydrogens is 336 g/mol. The molecule has 128 valence electrons. The van der Waals surface area contributed by atoms with Crippen molar-refractivity contribution in [1.82, 2.24) is 10.1 Å². The number of nitrogen functional groups attached to an aromatic ring is 1. The van der Waals surface area contributed by atoms with Gasteiger partial charge < -0.3 is 25.2 Å². The monoisotopic (exact) mass is 352 g/mol. The van der Waals surface area contributed by atoms with Crippen molar-refractivity contribution in [1.29, 1.82) is 0 Å². The number of methoxy groups -OCH3 is 1. The van der Waals surface area contributed by atoms with Crippen LogP contribution in [0.3, 0.4) is 0 Å². The Bertz CT molecular complexity index is 775. The maximum absolute atomic E-state index is 12.5. The van der Waals surface area contributed by atoms with Gasteiger partial charge >= 0.3 is 0 Å². The van der Waals surface area contributed by atoms with Crippen molar-refractivity contribution in [3.8, 4) is 5.75 Å². The summed E-state index contributed by atoms with van der Waals surface area (Å²) in [4.78, 5) is 25.7. The lowest BCUT2D eigenvalue weighted by molar-refractivity contribution is -0.116. The number of carbonyl (C=O) groups excluding carboxylic acids is 2. The molecule has 24 heavy (non-hydrogen) atoms. The molecule has 0 unspecified atom stereocenters. The molecule has 1 aromatic heterocycles. The van der Waals surface area contributed by atoms with Crippen LogP contribution in [0.4, 0.5) is 11.5 Å². The second-order valence-electron chi connectivity index (χ2n) is 5.11. The molecule has 0 radical (unpaired) electrons. The number of nitrogens with one attached hydrogen (secondary N) is 1. The Hall–Kier alpha value is -2.74. The van der Waals surface area contributed by atoms with Crippen LogP contribution in [0.1, 0.15) is 16.1 Å². The van der Waals surface area contributed by atoms with Gasteiger partial charge in [-0.2, -0.15) is 0 Å². The van der Waals surface area contributed by atoms with Crippen molar-refractivity contribution in [3.63, 3.8) is 0 Å². The molecule has 3 N–H and O–H groups in total. The van der Waals surface area contributed by atoms with Gasteiger partial charge in [0.25, 0.3) is 5.91 Å². The Kier molecular flexibility index (Phi) is 5.30. The third-order valence-electron chi connectivity index (χ3n) is 3.17. The molecule has 0 spiro atoms. The number of hydrogen-bond acceptors (Lipinski definition) is 6. The summed E-state index contributed by atoms with van der Waals surface area (Å²) in [6.45, 7) is 1.52. The minimum absolute atomic E-state index is 0.185. The van der Waals surface area contributed by atoms with Crippen LogP contribution in [-0.2, 0) is 4.79 Å². The van der Waals surface area contributed by atoms with E-state index in [2.05, 4.69) is 10.5 Å². The van der Waals surface area contributed by atoms with Gasteiger partial charge in [-0.1, -0.05) is 16.8 Å². The topological polar surface area (TPSA) is 111 Å². The second-order valence-corrected chi connectivity index (χ2v) is 5.51. The van der Waals surface area contributed by atoms with Crippen LogP contribution >= 0.6 is 11.6 Å². The molecule has 0 aliphatic rings. The fourth-order valence-electron chi connectivity index (χ4n) is 2.01. The molecule has 0 saturated carbocycles. The van der Waals surface area contributed by atoms with Crippen molar-refractivity contribution in [3.05, 3.63) is 34.5 Å². The maximum atomic E-state index is 12.5. The number of nitrogens with zero attached hydrogens (tertiary/aromatic N) is 2. The van der Waals surface area contributed by atoms with Crippen molar-refractivity contribution in [2.75, 3.05) is 31.8 Å². The van der Waals surface area contributed by atoms with E-state index in [9.17, 15) is 9.59 Å². The minimum atomic E-state index is -0.430. The number of ether oxygens (including phenoxy) is 1. The molecule has 0 aliphatic heterocycles. The first-order chi connectivity index (χ1) is 11.3. The van der Waals surface area contributed by atoms with Gasteiger partial charge in [-0.3, -0.25) is 9.59 Å². The third-order valence-corrected chi connectivity index (χ3v) is 3.50. The van der Waals surface area contributed by atoms with E-state index < -0.39 is 11.8 Å². The fourth-order valence-corrected chi connectivity index (χ4v) is 2.17. The second kappa shape index (κ2) is 7.22. The van der Waals surface area contributed by atoms with Crippen molar-refractivity contribution in [2.45, 2.75) is 6.92 Å². The summed E-state index contributed by atoms with van der Waals surface area (Å²) in [5.74, 6) is 0.281. The zero-order chi connectivity index (χ0) is 17.9. The normalized spacial score (nSPS) is 10.3. The SMILES string of the molecule is COc1cc(N)c(Cl)cc1C(=O)N(C)CC(=O)Nc1cc(C)on1. The zero-order valence-electron chi connectivity index (χ0n) is 13.4. The average Bonchev–Trinajstić information content (AvgIpc) is 2.93. The molecule has 0 fully saturated rings. The predicted octanol–water partition coefficient (Wildman–Crippen LogP) is 1.94. The highest BCUT2D eigenvalue weighted by Crippen LogP contribution is 2.29. The van der Waals surface area contributed by atoms with Crippen LogP contribution in [0.15, 0.2) is 22.7 Å². The minimum Gasteiger partial charge on any atom is -0.496 e. The summed E-state index contributed by atoms with van der Waals surface area (Å²) in [6, 6.07) is 4.44. The van der Waals surface area contributed by atoms with Gasteiger partial charge in [0.2, 0.25) is 5.91 Å². The van der Waals surface area contributed by atoms with E-state index in [4.69, 9.17) is 26.6 Å². The highest BCUT2D eigenvalue weighted by molar-refractivity contribution is 6.33. The standard InChI is InChI=1S/C15H17ClN4O4/c1-8-4-13(19-24-8)18-14(21)7-20(2)15(22)9-5-10(16)11(17)6-12(9)23-3/h4-6H,7,17H2,1-3H3,(H,18,19,21). The molecule has 2 rings (SSSR count). The van der Waals surface area contributed by atoms with Gasteiger partial charge in [-0.15, -0.1) is 0 Å². The lowest BCUT2D eigenvalue weighted by Gasteiger charge is -2.18. The first kappa shape index (κ1) is 17.6. The summed E-state index contributed by atoms with van der Waals surface area (Å²) in [5, 5.41) is 6.42. The molecule has 1 aromatic carbocycles. The molecule has 9 heteroatoms. The molecule has 1 heterocycles. The number of rotatable bonds is 5. The molecule has 0 aliphatic carbocycles. The van der Waals surface area contributed by atoms with Crippen molar-refractivity contribution in [2.24, 2.45) is 0 Å². The van der Waals surface area contributed by atoms with Crippen LogP contribution in [0.25, 0.3) is 0 Å². The van der Waals surface area contributed by atoms with E-state index in [0.717, 1.165) is 0 Å². The Morgan fingerprint density at radius 3 is 2.71 bits per heavy atom. The number of anilines is 2. The maximum Gasteiger partial charge on any atom is 0.257 e. The smallest absolute Gasteiger partial charge is 0.257 e. The highest BCUT2D eigenvalue weighted by Gasteiger charge is 2.20. The van der Waals surface area contributed by atoms with Gasteiger partial charge in [-0.05, 0) is 13.0 Å². The van der Waals surface area contributed by atoms with Gasteiger partial charge in [0, 0.05) is 19.2 Å². The largest absolute Gasteiger partial charge is 0.496 e. The third kappa shape index (κ3) is 3.96. The highest BCUT2D eigenvalue weighted by atomic mass is 35.5. The van der Waals surface area contributed by atoms with Gasteiger partial charge in [0.1, 0.15) is 11.5 Å². The summed E-state index contributed by atoms with van der Waals surface area (Å²) in [7, 11) is 2.90. The van der Waals surface area contributed by atoms with E-state index in [0.29, 0.717) is 11.4 Å². The van der Waals surface area contributed by atoms with Crippen LogP contribution < -0.4 is 15.8 Å². The average molecular weight is 353 g/mol. The number of aryl methyl sites for hydroxylation is 1. The predicted molar refractivity (Wildman–Crippen MR) is 89.2 cm³/mol. The van der Waals surface area contributed by atoms with E-state index in [-0.39, 0.29) is 28.7 Å². The lowest BCUT2D eigenvalue weighted by Crippen LogP contribution is -2.35. The van der Waals surface area contributed by atoms with Gasteiger partial charge in [-0.25, -0.2) is 0 Å². The number of likely N-dealkylation sites (N-methyl/N-ethyl adjacent to an activating group) is 1. The number of carbonyl (C=O) groups is 2.